The molecule has 0 unspecified atom stereocenters. The molecule has 1 fully saturated rings. The van der Waals surface area contributed by atoms with Gasteiger partial charge >= 0.3 is 0 Å². The Morgan fingerprint density at radius 1 is 0.766 bits per heavy atom. The van der Waals surface area contributed by atoms with Gasteiger partial charge in [-0.3, -0.25) is 0 Å². The zero-order chi connectivity index (χ0) is 38.0. The van der Waals surface area contributed by atoms with E-state index in [2.05, 4.69) is 159 Å². The van der Waals surface area contributed by atoms with Crippen molar-refractivity contribution in [1.29, 1.82) is 0 Å². The van der Waals surface area contributed by atoms with Gasteiger partial charge in [0.05, 0.1) is 18.0 Å². The Morgan fingerprint density at radius 2 is 1.17 bits per heavy atom. The molecule has 0 radical (unpaired) electrons. The van der Waals surface area contributed by atoms with E-state index in [-0.39, 0.29) is 22.1 Å². The van der Waals surface area contributed by atoms with E-state index in [1.54, 1.807) is 0 Å². The number of hydrogen-bond donors (Lipinski definition) is 1. The molecule has 0 aliphatic heterocycles. The lowest BCUT2D eigenvalue weighted by Gasteiger charge is -2.34. The van der Waals surface area contributed by atoms with E-state index in [9.17, 15) is 8.42 Å². The second kappa shape index (κ2) is 22.5. The van der Waals surface area contributed by atoms with Gasteiger partial charge in [-0.25, -0.2) is 13.1 Å². The summed E-state index contributed by atoms with van der Waals surface area (Å²) in [5.41, 5.74) is 4.29. The first-order valence-corrected chi connectivity index (χ1v) is 20.0. The fourth-order valence-corrected chi connectivity index (χ4v) is 4.87. The average molecular weight is 682 g/mol. The van der Waals surface area contributed by atoms with Crippen LogP contribution in [0.15, 0.2) is 36.4 Å². The predicted octanol–water partition coefficient (Wildman–Crippen LogP) is 12.9. The third-order valence-electron chi connectivity index (χ3n) is 7.95. The maximum atomic E-state index is 11.1. The quantitative estimate of drug-likeness (QED) is 0.250. The number of benzene rings is 1. The van der Waals surface area contributed by atoms with Crippen molar-refractivity contribution in [2.75, 3.05) is 6.61 Å². The number of nitrogens with one attached hydrogen (secondary N) is 1. The molecular weight excluding hydrogens is 599 g/mol. The summed E-state index contributed by atoms with van der Waals surface area (Å²) in [5.74, 6) is 1.28. The lowest BCUT2D eigenvalue weighted by molar-refractivity contribution is 0.0225. The summed E-state index contributed by atoms with van der Waals surface area (Å²) in [5, 5.41) is -0.0881. The highest BCUT2D eigenvalue weighted by Crippen LogP contribution is 2.36. The molecule has 1 aromatic carbocycles. The fourth-order valence-electron chi connectivity index (χ4n) is 3.26. The van der Waals surface area contributed by atoms with Gasteiger partial charge in [-0.1, -0.05) is 154 Å². The molecule has 4 nitrogen and oxygen atoms in total. The number of ether oxygens (including phenoxy) is 1. The van der Waals surface area contributed by atoms with Crippen LogP contribution in [0.25, 0.3) is 0 Å². The molecule has 1 saturated carbocycles. The smallest absolute Gasteiger partial charge is 0.214 e. The molecule has 0 saturated heterocycles. The topological polar surface area (TPSA) is 55.4 Å². The van der Waals surface area contributed by atoms with Crippen LogP contribution < -0.4 is 4.72 Å². The third-order valence-corrected chi connectivity index (χ3v) is 10.1. The Kier molecular flexibility index (Phi) is 24.1. The second-order valence-electron chi connectivity index (χ2n) is 18.0. The van der Waals surface area contributed by atoms with Crippen LogP contribution in [-0.2, 0) is 14.8 Å². The molecule has 0 aromatic heterocycles. The summed E-state index contributed by atoms with van der Waals surface area (Å²) in [4.78, 5) is 0. The standard InChI is InChI=1S/C14H28O.C12H18.C8H18.C6H13NO2S.C2H6/c1-12(2)15-11-14(6,7)10-8-9-13(3,4)5;1-9(2)11-6-5-7-12(8-11)10(3)4;1-7(2,3)8(4,5)6;1-5(2)7-10(8,9)6-3-4-6;1-2/h8-9,12H,10-11H2,1-7H3;5-10H,1-4H3;1-6H3;5-7H,3-4H2,1-2H3;1-2H3/b9-8+;;;;. The second-order valence-corrected chi connectivity index (χ2v) is 20.0. The van der Waals surface area contributed by atoms with Gasteiger partial charge in [-0.2, -0.15) is 0 Å². The predicted molar refractivity (Wildman–Crippen MR) is 213 cm³/mol. The summed E-state index contributed by atoms with van der Waals surface area (Å²) < 4.78 is 30.4. The van der Waals surface area contributed by atoms with E-state index in [1.165, 1.54) is 11.1 Å². The molecule has 1 N–H and O–H groups in total. The van der Waals surface area contributed by atoms with E-state index >= 15 is 0 Å². The number of rotatable bonds is 10. The van der Waals surface area contributed by atoms with Crippen LogP contribution in [-0.4, -0.2) is 32.4 Å². The molecule has 280 valence electrons. The normalized spacial score (nSPS) is 14.1. The summed E-state index contributed by atoms with van der Waals surface area (Å²) >= 11 is 0. The number of allylic oxidation sites excluding steroid dienone is 2. The highest BCUT2D eigenvalue weighted by atomic mass is 32.2. The van der Waals surface area contributed by atoms with Gasteiger partial charge in [0.2, 0.25) is 10.0 Å². The number of hydrogen-bond acceptors (Lipinski definition) is 3. The van der Waals surface area contributed by atoms with Crippen LogP contribution in [0.3, 0.4) is 0 Å². The number of sulfonamides is 1. The molecule has 47 heavy (non-hydrogen) atoms. The highest BCUT2D eigenvalue weighted by molar-refractivity contribution is 7.90. The molecule has 5 heteroatoms. The van der Waals surface area contributed by atoms with Crippen molar-refractivity contribution in [3.05, 3.63) is 47.5 Å². The Hall–Kier alpha value is -1.17. The van der Waals surface area contributed by atoms with Crippen molar-refractivity contribution in [1.82, 2.24) is 4.72 Å². The maximum Gasteiger partial charge on any atom is 0.214 e. The minimum absolute atomic E-state index is 0.0330. The SMILES string of the molecule is CC.CC(C)(C)C(C)(C)C.CC(C)NS(=O)(=O)C1CC1.CC(C)OCC(C)(C)C/C=C/C(C)(C)C.CC(C)c1cccc(C(C)C)c1. The van der Waals surface area contributed by atoms with Crippen LogP contribution >= 0.6 is 0 Å². The minimum atomic E-state index is -2.94. The van der Waals surface area contributed by atoms with Gasteiger partial charge in [-0.15, -0.1) is 0 Å². The van der Waals surface area contributed by atoms with Crippen molar-refractivity contribution < 1.29 is 13.2 Å². The maximum absolute atomic E-state index is 11.1. The van der Waals surface area contributed by atoms with Crippen LogP contribution in [0.5, 0.6) is 0 Å². The van der Waals surface area contributed by atoms with Gasteiger partial charge in [0.25, 0.3) is 0 Å². The molecule has 0 bridgehead atoms. The summed E-state index contributed by atoms with van der Waals surface area (Å²) in [6.45, 7) is 46.4. The van der Waals surface area contributed by atoms with Crippen LogP contribution in [0, 0.1) is 21.7 Å². The van der Waals surface area contributed by atoms with Crippen molar-refractivity contribution in [2.45, 2.75) is 194 Å². The lowest BCUT2D eigenvalue weighted by atomic mass is 9.71. The monoisotopic (exact) mass is 682 g/mol. The Bertz CT molecular complexity index is 1020. The first-order chi connectivity index (χ1) is 21.0. The molecule has 0 spiro atoms. The van der Waals surface area contributed by atoms with Crippen molar-refractivity contribution in [3.63, 3.8) is 0 Å². The molecular formula is C42H83NO3S. The Morgan fingerprint density at radius 3 is 1.45 bits per heavy atom. The van der Waals surface area contributed by atoms with E-state index in [4.69, 9.17) is 4.74 Å². The van der Waals surface area contributed by atoms with Gasteiger partial charge in [-0.05, 0) is 91.6 Å². The molecule has 1 aliphatic rings. The van der Waals surface area contributed by atoms with Gasteiger partial charge in [0.1, 0.15) is 0 Å². The van der Waals surface area contributed by atoms with Crippen molar-refractivity contribution >= 4 is 10.0 Å². The van der Waals surface area contributed by atoms with E-state index < -0.39 is 10.0 Å². The Labute approximate surface area is 296 Å². The molecule has 2 rings (SSSR count). The minimum Gasteiger partial charge on any atom is -0.378 e. The molecule has 0 amide bonds. The summed E-state index contributed by atoms with van der Waals surface area (Å²) in [6.07, 6.45) is 7.64. The van der Waals surface area contributed by atoms with Gasteiger partial charge in [0, 0.05) is 6.04 Å². The molecule has 1 aliphatic carbocycles. The third kappa shape index (κ3) is 28.4. The lowest BCUT2D eigenvalue weighted by Crippen LogP contribution is -2.32. The highest BCUT2D eigenvalue weighted by Gasteiger charge is 2.35. The van der Waals surface area contributed by atoms with Crippen LogP contribution in [0.4, 0.5) is 0 Å². The molecule has 0 atom stereocenters. The van der Waals surface area contributed by atoms with E-state index in [0.29, 0.717) is 28.8 Å². The van der Waals surface area contributed by atoms with Gasteiger partial charge < -0.3 is 4.74 Å². The van der Waals surface area contributed by atoms with Crippen molar-refractivity contribution in [2.24, 2.45) is 21.7 Å². The first kappa shape index (κ1) is 50.2. The largest absolute Gasteiger partial charge is 0.378 e. The fraction of sp³-hybridized carbons (Fsp3) is 0.810. The zero-order valence-corrected chi connectivity index (χ0v) is 36.1. The average Bonchev–Trinajstić information content (AvgIpc) is 3.74. The Balaban J connectivity index is -0.000000551. The first-order valence-electron chi connectivity index (χ1n) is 18.4. The van der Waals surface area contributed by atoms with Gasteiger partial charge in [0.15, 0.2) is 0 Å². The summed E-state index contributed by atoms with van der Waals surface area (Å²) in [6, 6.07) is 8.91. The van der Waals surface area contributed by atoms with Crippen LogP contribution in [0.1, 0.15) is 188 Å². The molecule has 0 heterocycles. The van der Waals surface area contributed by atoms with E-state index in [1.807, 2.05) is 27.7 Å². The van der Waals surface area contributed by atoms with Crippen LogP contribution in [0.2, 0.25) is 0 Å². The van der Waals surface area contributed by atoms with Crippen molar-refractivity contribution in [3.8, 4) is 0 Å². The van der Waals surface area contributed by atoms with E-state index in [0.717, 1.165) is 25.9 Å². The molecule has 1 aromatic rings. The summed E-state index contributed by atoms with van der Waals surface area (Å²) in [7, 11) is -2.94. The zero-order valence-electron chi connectivity index (χ0n) is 35.3.